The molecule has 1 aromatic rings. The zero-order valence-electron chi connectivity index (χ0n) is 8.40. The highest BCUT2D eigenvalue weighted by Crippen LogP contribution is 2.18. The predicted molar refractivity (Wildman–Crippen MR) is 52.6 cm³/mol. The second-order valence-electron chi connectivity index (χ2n) is 3.80. The van der Waals surface area contributed by atoms with E-state index in [1.807, 2.05) is 0 Å². The van der Waals surface area contributed by atoms with Crippen LogP contribution in [0.1, 0.15) is 42.1 Å². The number of nitrogens with one attached hydrogen (secondary N) is 1. The second-order valence-corrected chi connectivity index (χ2v) is 3.80. The van der Waals surface area contributed by atoms with Crippen LogP contribution in [0.4, 0.5) is 0 Å². The van der Waals surface area contributed by atoms with E-state index < -0.39 is 5.97 Å². The normalized spacial score (nSPS) is 17.1. The minimum Gasteiger partial charge on any atom is -0.474 e. The summed E-state index contributed by atoms with van der Waals surface area (Å²) in [5.41, 5.74) is 0. The molecule has 0 aliphatic heterocycles. The maximum absolute atomic E-state index is 10.5. The highest BCUT2D eigenvalue weighted by Gasteiger charge is 2.16. The summed E-state index contributed by atoms with van der Waals surface area (Å²) >= 11 is 0. The van der Waals surface area contributed by atoms with Gasteiger partial charge in [0.1, 0.15) is 5.76 Å². The first kappa shape index (κ1) is 10.2. The van der Waals surface area contributed by atoms with Crippen LogP contribution in [0.3, 0.4) is 0 Å². The van der Waals surface area contributed by atoms with E-state index in [2.05, 4.69) is 10.3 Å². The molecule has 1 heterocycles. The summed E-state index contributed by atoms with van der Waals surface area (Å²) in [6, 6.07) is 0.545. The summed E-state index contributed by atoms with van der Waals surface area (Å²) in [6.07, 6.45) is 6.40. The zero-order chi connectivity index (χ0) is 10.7. The van der Waals surface area contributed by atoms with E-state index in [1.165, 1.54) is 31.9 Å². The number of carboxylic acid groups (broad SMARTS) is 1. The number of carbonyl (C=O) groups is 1. The number of rotatable bonds is 4. The maximum atomic E-state index is 10.5. The Kier molecular flexibility index (Phi) is 3.01. The van der Waals surface area contributed by atoms with Gasteiger partial charge in [0.05, 0.1) is 12.7 Å². The Balaban J connectivity index is 1.84. The van der Waals surface area contributed by atoms with Crippen LogP contribution in [-0.4, -0.2) is 22.1 Å². The first-order valence-corrected chi connectivity index (χ1v) is 5.17. The van der Waals surface area contributed by atoms with E-state index in [0.29, 0.717) is 18.3 Å². The summed E-state index contributed by atoms with van der Waals surface area (Å²) in [5.74, 6) is -0.778. The standard InChI is InChI=1S/C10H14N2O3/c13-10(14)9-12-6-8(15-9)5-11-7-3-1-2-4-7/h6-7,11H,1-5H2,(H,13,14). The molecule has 1 saturated carbocycles. The molecule has 1 aliphatic carbocycles. The predicted octanol–water partition coefficient (Wildman–Crippen LogP) is 1.40. The average molecular weight is 210 g/mol. The van der Waals surface area contributed by atoms with Crippen molar-refractivity contribution in [1.29, 1.82) is 0 Å². The molecule has 5 nitrogen and oxygen atoms in total. The number of aromatic nitrogens is 1. The molecule has 1 aliphatic rings. The Morgan fingerprint density at radius 3 is 2.93 bits per heavy atom. The third kappa shape index (κ3) is 2.56. The molecule has 0 aromatic carbocycles. The van der Waals surface area contributed by atoms with Gasteiger partial charge in [-0.15, -0.1) is 0 Å². The number of carboxylic acids is 1. The van der Waals surface area contributed by atoms with Crippen LogP contribution >= 0.6 is 0 Å². The Labute approximate surface area is 87.5 Å². The largest absolute Gasteiger partial charge is 0.474 e. The van der Waals surface area contributed by atoms with Crippen molar-refractivity contribution in [2.45, 2.75) is 38.3 Å². The number of hydrogen-bond acceptors (Lipinski definition) is 4. The highest BCUT2D eigenvalue weighted by atomic mass is 16.4. The van der Waals surface area contributed by atoms with E-state index in [0.717, 1.165) is 0 Å². The minimum atomic E-state index is -1.12. The Morgan fingerprint density at radius 1 is 1.60 bits per heavy atom. The van der Waals surface area contributed by atoms with Crippen molar-refractivity contribution in [3.05, 3.63) is 17.8 Å². The van der Waals surface area contributed by atoms with Gasteiger partial charge in [-0.3, -0.25) is 0 Å². The summed E-state index contributed by atoms with van der Waals surface area (Å²) in [5, 5.41) is 11.9. The molecule has 0 radical (unpaired) electrons. The van der Waals surface area contributed by atoms with Crippen LogP contribution in [0.15, 0.2) is 10.6 Å². The summed E-state index contributed by atoms with van der Waals surface area (Å²) in [6.45, 7) is 0.560. The van der Waals surface area contributed by atoms with Gasteiger partial charge in [-0.25, -0.2) is 9.78 Å². The second kappa shape index (κ2) is 4.44. The molecule has 15 heavy (non-hydrogen) atoms. The molecule has 2 rings (SSSR count). The lowest BCUT2D eigenvalue weighted by Gasteiger charge is -2.09. The molecule has 2 N–H and O–H groups in total. The van der Waals surface area contributed by atoms with Gasteiger partial charge in [-0.05, 0) is 12.8 Å². The topological polar surface area (TPSA) is 75.4 Å². The van der Waals surface area contributed by atoms with Crippen molar-refractivity contribution in [2.75, 3.05) is 0 Å². The third-order valence-electron chi connectivity index (χ3n) is 2.66. The fourth-order valence-corrected chi connectivity index (χ4v) is 1.86. The van der Waals surface area contributed by atoms with Gasteiger partial charge in [-0.1, -0.05) is 12.8 Å². The molecule has 0 atom stereocenters. The summed E-state index contributed by atoms with van der Waals surface area (Å²) < 4.78 is 5.03. The molecule has 0 bridgehead atoms. The van der Waals surface area contributed by atoms with Gasteiger partial charge in [0, 0.05) is 6.04 Å². The number of aromatic carboxylic acids is 1. The highest BCUT2D eigenvalue weighted by molar-refractivity contribution is 5.81. The van der Waals surface area contributed by atoms with Crippen LogP contribution in [0, 0.1) is 0 Å². The van der Waals surface area contributed by atoms with Crippen LogP contribution in [0.25, 0.3) is 0 Å². The van der Waals surface area contributed by atoms with Gasteiger partial charge in [-0.2, -0.15) is 0 Å². The van der Waals surface area contributed by atoms with E-state index >= 15 is 0 Å². The van der Waals surface area contributed by atoms with Gasteiger partial charge in [0.15, 0.2) is 0 Å². The number of oxazole rings is 1. The van der Waals surface area contributed by atoms with Crippen molar-refractivity contribution in [1.82, 2.24) is 10.3 Å². The molecule has 82 valence electrons. The van der Waals surface area contributed by atoms with Gasteiger partial charge >= 0.3 is 11.9 Å². The minimum absolute atomic E-state index is 0.238. The van der Waals surface area contributed by atoms with E-state index in [1.54, 1.807) is 0 Å². The van der Waals surface area contributed by atoms with Crippen molar-refractivity contribution in [3.8, 4) is 0 Å². The smallest absolute Gasteiger partial charge is 0.392 e. The number of nitrogens with zero attached hydrogens (tertiary/aromatic N) is 1. The molecule has 5 heteroatoms. The molecular formula is C10H14N2O3. The van der Waals surface area contributed by atoms with Crippen LogP contribution in [-0.2, 0) is 6.54 Å². The Bertz CT molecular complexity index is 342. The molecule has 0 unspecified atom stereocenters. The fraction of sp³-hybridized carbons (Fsp3) is 0.600. The molecule has 0 spiro atoms. The van der Waals surface area contributed by atoms with Crippen LogP contribution in [0.2, 0.25) is 0 Å². The lowest BCUT2D eigenvalue weighted by atomic mass is 10.2. The molecule has 1 aromatic heterocycles. The Morgan fingerprint density at radius 2 is 2.33 bits per heavy atom. The summed E-state index contributed by atoms with van der Waals surface area (Å²) in [7, 11) is 0. The van der Waals surface area contributed by atoms with Gasteiger partial charge in [0.2, 0.25) is 0 Å². The maximum Gasteiger partial charge on any atom is 0.392 e. The van der Waals surface area contributed by atoms with E-state index in [9.17, 15) is 4.79 Å². The van der Waals surface area contributed by atoms with Crippen LogP contribution in [0.5, 0.6) is 0 Å². The molecule has 1 fully saturated rings. The molecule has 0 amide bonds. The van der Waals surface area contributed by atoms with Gasteiger partial charge < -0.3 is 14.8 Å². The third-order valence-corrected chi connectivity index (χ3v) is 2.66. The SMILES string of the molecule is O=C(O)c1ncc(CNC2CCCC2)o1. The molecule has 0 saturated heterocycles. The van der Waals surface area contributed by atoms with Crippen molar-refractivity contribution in [2.24, 2.45) is 0 Å². The van der Waals surface area contributed by atoms with E-state index in [-0.39, 0.29) is 5.89 Å². The summed E-state index contributed by atoms with van der Waals surface area (Å²) in [4.78, 5) is 14.2. The first-order valence-electron chi connectivity index (χ1n) is 5.17. The van der Waals surface area contributed by atoms with Crippen molar-refractivity contribution in [3.63, 3.8) is 0 Å². The zero-order valence-corrected chi connectivity index (χ0v) is 8.40. The van der Waals surface area contributed by atoms with Crippen molar-refractivity contribution < 1.29 is 14.3 Å². The number of hydrogen-bond donors (Lipinski definition) is 2. The Hall–Kier alpha value is -1.36. The van der Waals surface area contributed by atoms with E-state index in [4.69, 9.17) is 9.52 Å². The molecular weight excluding hydrogens is 196 g/mol. The van der Waals surface area contributed by atoms with Crippen LogP contribution < -0.4 is 5.32 Å². The van der Waals surface area contributed by atoms with Crippen molar-refractivity contribution >= 4 is 5.97 Å². The lowest BCUT2D eigenvalue weighted by Crippen LogP contribution is -2.24. The monoisotopic (exact) mass is 210 g/mol. The lowest BCUT2D eigenvalue weighted by molar-refractivity contribution is 0.0651. The van der Waals surface area contributed by atoms with Gasteiger partial charge in [0.25, 0.3) is 0 Å². The average Bonchev–Trinajstić information content (AvgIpc) is 2.86. The fourth-order valence-electron chi connectivity index (χ4n) is 1.86. The first-order chi connectivity index (χ1) is 7.25. The quantitative estimate of drug-likeness (QED) is 0.785.